The number of nitriles is 1. The third kappa shape index (κ3) is 4.14. The molecule has 7 heteroatoms. The van der Waals surface area contributed by atoms with Crippen LogP contribution in [0.5, 0.6) is 0 Å². The number of amides is 1. The zero-order chi connectivity index (χ0) is 17.5. The maximum atomic E-state index is 12.2. The Hall–Kier alpha value is -3.79. The molecule has 25 heavy (non-hydrogen) atoms. The zero-order valence-corrected chi connectivity index (χ0v) is 13.2. The SMILES string of the molecule is N#Cc1ccccc1NC(=O)c1cnc(NCc2cccnc2)nc1. The highest BCUT2D eigenvalue weighted by Gasteiger charge is 2.10. The number of aromatic nitrogens is 3. The van der Waals surface area contributed by atoms with Gasteiger partial charge >= 0.3 is 0 Å². The van der Waals surface area contributed by atoms with E-state index in [0.717, 1.165) is 5.56 Å². The van der Waals surface area contributed by atoms with Gasteiger partial charge in [0, 0.05) is 31.3 Å². The molecular formula is C18H14N6O. The Morgan fingerprint density at radius 1 is 1.08 bits per heavy atom. The van der Waals surface area contributed by atoms with Gasteiger partial charge in [-0.15, -0.1) is 0 Å². The molecule has 2 heterocycles. The lowest BCUT2D eigenvalue weighted by Crippen LogP contribution is -2.14. The molecule has 0 bridgehead atoms. The Morgan fingerprint density at radius 3 is 2.60 bits per heavy atom. The van der Waals surface area contributed by atoms with Crippen LogP contribution in [0.4, 0.5) is 11.6 Å². The molecule has 0 radical (unpaired) electrons. The van der Waals surface area contributed by atoms with E-state index in [1.54, 1.807) is 36.7 Å². The van der Waals surface area contributed by atoms with E-state index in [0.29, 0.717) is 29.3 Å². The van der Waals surface area contributed by atoms with Crippen LogP contribution in [0.3, 0.4) is 0 Å². The van der Waals surface area contributed by atoms with Crippen LogP contribution in [-0.4, -0.2) is 20.9 Å². The third-order valence-corrected chi connectivity index (χ3v) is 3.38. The molecule has 0 aliphatic rings. The van der Waals surface area contributed by atoms with Gasteiger partial charge in [-0.2, -0.15) is 5.26 Å². The average molecular weight is 330 g/mol. The fraction of sp³-hybridized carbons (Fsp3) is 0.0556. The molecule has 7 nitrogen and oxygen atoms in total. The van der Waals surface area contributed by atoms with E-state index in [9.17, 15) is 4.79 Å². The number of rotatable bonds is 5. The van der Waals surface area contributed by atoms with Gasteiger partial charge in [0.2, 0.25) is 5.95 Å². The van der Waals surface area contributed by atoms with E-state index in [4.69, 9.17) is 5.26 Å². The lowest BCUT2D eigenvalue weighted by Gasteiger charge is -2.07. The molecule has 1 aromatic carbocycles. The number of hydrogen-bond acceptors (Lipinski definition) is 6. The van der Waals surface area contributed by atoms with Crippen LogP contribution in [-0.2, 0) is 6.54 Å². The first kappa shape index (κ1) is 16.1. The predicted octanol–water partition coefficient (Wildman–Crippen LogP) is 2.61. The van der Waals surface area contributed by atoms with Crippen LogP contribution in [0.2, 0.25) is 0 Å². The second-order valence-corrected chi connectivity index (χ2v) is 5.12. The van der Waals surface area contributed by atoms with Crippen molar-refractivity contribution in [2.75, 3.05) is 10.6 Å². The minimum atomic E-state index is -0.374. The Balaban J connectivity index is 1.63. The van der Waals surface area contributed by atoms with Crippen LogP contribution in [0.25, 0.3) is 0 Å². The Bertz CT molecular complexity index is 903. The summed E-state index contributed by atoms with van der Waals surface area (Å²) in [5.74, 6) is 0.0411. The molecule has 0 saturated heterocycles. The van der Waals surface area contributed by atoms with Crippen LogP contribution < -0.4 is 10.6 Å². The zero-order valence-electron chi connectivity index (χ0n) is 13.2. The summed E-state index contributed by atoms with van der Waals surface area (Å²) in [5.41, 5.74) is 2.15. The molecular weight excluding hydrogens is 316 g/mol. The highest BCUT2D eigenvalue weighted by Crippen LogP contribution is 2.15. The Morgan fingerprint density at radius 2 is 1.88 bits per heavy atom. The standard InChI is InChI=1S/C18H14N6O/c19-8-14-5-1-2-6-16(14)24-17(25)15-11-22-18(23-12-15)21-10-13-4-3-7-20-9-13/h1-7,9,11-12H,10H2,(H,24,25)(H,21,22,23). The van der Waals surface area contributed by atoms with Crippen molar-refractivity contribution < 1.29 is 4.79 Å². The van der Waals surface area contributed by atoms with Crippen LogP contribution in [0.15, 0.2) is 61.2 Å². The largest absolute Gasteiger partial charge is 0.350 e. The Labute approximate surface area is 144 Å². The topological polar surface area (TPSA) is 104 Å². The number of nitrogens with one attached hydrogen (secondary N) is 2. The van der Waals surface area contributed by atoms with Gasteiger partial charge in [0.25, 0.3) is 5.91 Å². The molecule has 0 aliphatic carbocycles. The second kappa shape index (κ2) is 7.66. The van der Waals surface area contributed by atoms with Crippen molar-refractivity contribution in [2.45, 2.75) is 6.54 Å². The number of carbonyl (C=O) groups is 1. The molecule has 2 N–H and O–H groups in total. The quantitative estimate of drug-likeness (QED) is 0.745. The van der Waals surface area contributed by atoms with E-state index >= 15 is 0 Å². The first-order chi connectivity index (χ1) is 12.3. The van der Waals surface area contributed by atoms with Crippen molar-refractivity contribution in [1.29, 1.82) is 5.26 Å². The van der Waals surface area contributed by atoms with E-state index in [2.05, 4.69) is 25.6 Å². The molecule has 0 unspecified atom stereocenters. The predicted molar refractivity (Wildman–Crippen MR) is 92.7 cm³/mol. The first-order valence-corrected chi connectivity index (χ1v) is 7.51. The summed E-state index contributed by atoms with van der Waals surface area (Å²) in [6, 6.07) is 12.6. The number of para-hydroxylation sites is 1. The van der Waals surface area contributed by atoms with Gasteiger partial charge in [0.05, 0.1) is 16.8 Å². The molecule has 0 spiro atoms. The van der Waals surface area contributed by atoms with Crippen molar-refractivity contribution in [2.24, 2.45) is 0 Å². The number of pyridine rings is 1. The second-order valence-electron chi connectivity index (χ2n) is 5.12. The summed E-state index contributed by atoms with van der Waals surface area (Å²) >= 11 is 0. The summed E-state index contributed by atoms with van der Waals surface area (Å²) in [6.45, 7) is 0.537. The molecule has 0 atom stereocenters. The Kier molecular flexibility index (Phi) is 4.93. The third-order valence-electron chi connectivity index (χ3n) is 3.38. The first-order valence-electron chi connectivity index (χ1n) is 7.51. The minimum absolute atomic E-state index is 0.305. The van der Waals surface area contributed by atoms with Crippen LogP contribution in [0.1, 0.15) is 21.5 Å². The molecule has 3 aromatic rings. The highest BCUT2D eigenvalue weighted by molar-refractivity contribution is 6.04. The van der Waals surface area contributed by atoms with Crippen molar-refractivity contribution in [1.82, 2.24) is 15.0 Å². The molecule has 2 aromatic heterocycles. The maximum absolute atomic E-state index is 12.2. The van der Waals surface area contributed by atoms with E-state index < -0.39 is 0 Å². The van der Waals surface area contributed by atoms with Crippen molar-refractivity contribution in [3.05, 3.63) is 77.9 Å². The number of anilines is 2. The summed E-state index contributed by atoms with van der Waals surface area (Å²) in [5, 5.41) is 14.8. The van der Waals surface area contributed by atoms with Crippen LogP contribution in [0, 0.1) is 11.3 Å². The van der Waals surface area contributed by atoms with Crippen molar-refractivity contribution in [3.8, 4) is 6.07 Å². The van der Waals surface area contributed by atoms with Gasteiger partial charge in [-0.25, -0.2) is 9.97 Å². The summed E-state index contributed by atoms with van der Waals surface area (Å²) < 4.78 is 0. The molecule has 0 saturated carbocycles. The lowest BCUT2D eigenvalue weighted by molar-refractivity contribution is 0.102. The van der Waals surface area contributed by atoms with Gasteiger partial charge in [-0.1, -0.05) is 18.2 Å². The van der Waals surface area contributed by atoms with E-state index in [1.807, 2.05) is 18.2 Å². The normalized spacial score (nSPS) is 9.88. The highest BCUT2D eigenvalue weighted by atomic mass is 16.1. The molecule has 0 fully saturated rings. The lowest BCUT2D eigenvalue weighted by atomic mass is 10.2. The monoisotopic (exact) mass is 330 g/mol. The van der Waals surface area contributed by atoms with Gasteiger partial charge < -0.3 is 10.6 Å². The number of benzene rings is 1. The van der Waals surface area contributed by atoms with Crippen molar-refractivity contribution in [3.63, 3.8) is 0 Å². The fourth-order valence-corrected chi connectivity index (χ4v) is 2.10. The minimum Gasteiger partial charge on any atom is -0.350 e. The smallest absolute Gasteiger partial charge is 0.258 e. The molecule has 0 aliphatic heterocycles. The summed E-state index contributed by atoms with van der Waals surface area (Å²) in [4.78, 5) is 24.5. The molecule has 1 amide bonds. The van der Waals surface area contributed by atoms with Crippen molar-refractivity contribution >= 4 is 17.5 Å². The molecule has 3 rings (SSSR count). The van der Waals surface area contributed by atoms with Gasteiger partial charge in [0.15, 0.2) is 0 Å². The number of hydrogen-bond donors (Lipinski definition) is 2. The number of nitrogens with zero attached hydrogens (tertiary/aromatic N) is 4. The van der Waals surface area contributed by atoms with Gasteiger partial charge in [-0.3, -0.25) is 9.78 Å². The van der Waals surface area contributed by atoms with E-state index in [-0.39, 0.29) is 5.91 Å². The van der Waals surface area contributed by atoms with E-state index in [1.165, 1.54) is 12.4 Å². The van der Waals surface area contributed by atoms with Gasteiger partial charge in [0.1, 0.15) is 6.07 Å². The summed E-state index contributed by atoms with van der Waals surface area (Å²) in [6.07, 6.45) is 6.32. The fourth-order valence-electron chi connectivity index (χ4n) is 2.10. The molecule has 122 valence electrons. The summed E-state index contributed by atoms with van der Waals surface area (Å²) in [7, 11) is 0. The average Bonchev–Trinajstić information content (AvgIpc) is 2.68. The van der Waals surface area contributed by atoms with Crippen LogP contribution >= 0.6 is 0 Å². The maximum Gasteiger partial charge on any atom is 0.258 e. The van der Waals surface area contributed by atoms with Gasteiger partial charge in [-0.05, 0) is 23.8 Å². The number of carbonyl (C=O) groups excluding carboxylic acids is 1.